The molecule has 1 aromatic carbocycles. The van der Waals surface area contributed by atoms with Gasteiger partial charge in [0, 0.05) is 13.1 Å². The highest BCUT2D eigenvalue weighted by atomic mass is 35.5. The molecule has 114 valence electrons. The molecule has 0 atom stereocenters. The molecule has 0 aliphatic carbocycles. The first-order valence-corrected chi connectivity index (χ1v) is 6.80. The molecule has 4 nitrogen and oxygen atoms in total. The zero-order valence-corrected chi connectivity index (χ0v) is 13.3. The molecule has 0 unspecified atom stereocenters. The highest BCUT2D eigenvalue weighted by Gasteiger charge is 2.02. The summed E-state index contributed by atoms with van der Waals surface area (Å²) in [7, 11) is 0. The average molecular weight is 301 g/mol. The Kier molecular flexibility index (Phi) is 9.86. The summed E-state index contributed by atoms with van der Waals surface area (Å²) in [5.41, 5.74) is 2.34. The first kappa shape index (κ1) is 18.7. The molecule has 0 radical (unpaired) electrons. The Morgan fingerprint density at radius 2 is 1.80 bits per heavy atom. The zero-order chi connectivity index (χ0) is 14.1. The number of rotatable bonds is 8. The van der Waals surface area contributed by atoms with Crippen LogP contribution in [0.25, 0.3) is 0 Å². The van der Waals surface area contributed by atoms with Crippen molar-refractivity contribution in [1.29, 1.82) is 0 Å². The summed E-state index contributed by atoms with van der Waals surface area (Å²) in [6, 6.07) is 6.06. The minimum atomic E-state index is 0. The molecule has 1 amide bonds. The lowest BCUT2D eigenvalue weighted by molar-refractivity contribution is -0.121. The zero-order valence-electron chi connectivity index (χ0n) is 12.5. The second-order valence-corrected chi connectivity index (χ2v) is 4.63. The predicted octanol–water partition coefficient (Wildman–Crippen LogP) is 2.22. The average Bonchev–Trinajstić information content (AvgIpc) is 2.33. The number of hydrogen-bond acceptors (Lipinski definition) is 3. The van der Waals surface area contributed by atoms with Crippen molar-refractivity contribution in [2.24, 2.45) is 0 Å². The number of nitrogens with one attached hydrogen (secondary N) is 2. The molecular formula is C15H25ClN2O2. The van der Waals surface area contributed by atoms with Crippen molar-refractivity contribution in [3.05, 3.63) is 29.3 Å². The Bertz CT molecular complexity index is 391. The van der Waals surface area contributed by atoms with E-state index < -0.39 is 0 Å². The third kappa shape index (κ3) is 8.02. The van der Waals surface area contributed by atoms with Gasteiger partial charge in [0.15, 0.2) is 0 Å². The fraction of sp³-hybridized carbons (Fsp3) is 0.533. The fourth-order valence-corrected chi connectivity index (χ4v) is 1.83. The van der Waals surface area contributed by atoms with Gasteiger partial charge in [-0.2, -0.15) is 0 Å². The van der Waals surface area contributed by atoms with Crippen LogP contribution in [0.2, 0.25) is 0 Å². The predicted molar refractivity (Wildman–Crippen MR) is 84.8 cm³/mol. The molecule has 0 aliphatic rings. The third-order valence-electron chi connectivity index (χ3n) is 2.67. The maximum atomic E-state index is 11.5. The van der Waals surface area contributed by atoms with Crippen molar-refractivity contribution in [2.45, 2.75) is 27.2 Å². The first-order chi connectivity index (χ1) is 9.11. The van der Waals surface area contributed by atoms with Gasteiger partial charge in [-0.05, 0) is 43.7 Å². The summed E-state index contributed by atoms with van der Waals surface area (Å²) in [4.78, 5) is 11.5. The number of carbonyl (C=O) groups is 1. The number of benzene rings is 1. The van der Waals surface area contributed by atoms with E-state index in [0.717, 1.165) is 18.8 Å². The molecule has 0 bridgehead atoms. The highest BCUT2D eigenvalue weighted by Crippen LogP contribution is 2.16. The second kappa shape index (κ2) is 10.5. The van der Waals surface area contributed by atoms with Crippen LogP contribution in [-0.4, -0.2) is 32.1 Å². The van der Waals surface area contributed by atoms with Crippen LogP contribution < -0.4 is 15.4 Å². The number of carbonyl (C=O) groups excluding carboxylic acids is 1. The summed E-state index contributed by atoms with van der Waals surface area (Å²) in [6.45, 7) is 8.91. The SMILES string of the molecule is CCNCCNC(=O)CCOc1cc(C)cc(C)c1.Cl. The molecule has 1 rings (SSSR count). The van der Waals surface area contributed by atoms with Crippen LogP contribution in [0.15, 0.2) is 18.2 Å². The number of hydrogen-bond donors (Lipinski definition) is 2. The van der Waals surface area contributed by atoms with Crippen molar-refractivity contribution in [3.8, 4) is 5.75 Å². The van der Waals surface area contributed by atoms with Gasteiger partial charge in [0.05, 0.1) is 13.0 Å². The van der Waals surface area contributed by atoms with Gasteiger partial charge in [-0.25, -0.2) is 0 Å². The molecule has 0 spiro atoms. The lowest BCUT2D eigenvalue weighted by Gasteiger charge is -2.09. The Balaban J connectivity index is 0.00000361. The van der Waals surface area contributed by atoms with Gasteiger partial charge in [-0.3, -0.25) is 4.79 Å². The van der Waals surface area contributed by atoms with Crippen LogP contribution in [0.4, 0.5) is 0 Å². The van der Waals surface area contributed by atoms with E-state index in [-0.39, 0.29) is 18.3 Å². The molecule has 2 N–H and O–H groups in total. The standard InChI is InChI=1S/C15H24N2O2.ClH/c1-4-16-6-7-17-15(18)5-8-19-14-10-12(2)9-13(3)11-14;/h9-11,16H,4-8H2,1-3H3,(H,17,18);1H. The largest absolute Gasteiger partial charge is 0.493 e. The van der Waals surface area contributed by atoms with Crippen LogP contribution in [-0.2, 0) is 4.79 Å². The van der Waals surface area contributed by atoms with Crippen molar-refractivity contribution in [3.63, 3.8) is 0 Å². The summed E-state index contributed by atoms with van der Waals surface area (Å²) in [6.07, 6.45) is 0.388. The minimum Gasteiger partial charge on any atom is -0.493 e. The third-order valence-corrected chi connectivity index (χ3v) is 2.67. The van der Waals surface area contributed by atoms with Crippen molar-refractivity contribution >= 4 is 18.3 Å². The van der Waals surface area contributed by atoms with Gasteiger partial charge in [-0.15, -0.1) is 12.4 Å². The van der Waals surface area contributed by atoms with E-state index in [1.807, 2.05) is 32.9 Å². The number of ether oxygens (including phenoxy) is 1. The highest BCUT2D eigenvalue weighted by molar-refractivity contribution is 5.85. The lowest BCUT2D eigenvalue weighted by Crippen LogP contribution is -2.32. The first-order valence-electron chi connectivity index (χ1n) is 6.80. The monoisotopic (exact) mass is 300 g/mol. The quantitative estimate of drug-likeness (QED) is 0.724. The van der Waals surface area contributed by atoms with E-state index in [0.29, 0.717) is 19.6 Å². The maximum absolute atomic E-state index is 11.5. The van der Waals surface area contributed by atoms with E-state index in [4.69, 9.17) is 4.74 Å². The number of likely N-dealkylation sites (N-methyl/N-ethyl adjacent to an activating group) is 1. The Morgan fingerprint density at radius 1 is 1.15 bits per heavy atom. The molecule has 0 fully saturated rings. The van der Waals surface area contributed by atoms with Crippen molar-refractivity contribution < 1.29 is 9.53 Å². The molecule has 20 heavy (non-hydrogen) atoms. The maximum Gasteiger partial charge on any atom is 0.223 e. The molecular weight excluding hydrogens is 276 g/mol. The Hall–Kier alpha value is -1.26. The molecule has 5 heteroatoms. The van der Waals surface area contributed by atoms with E-state index in [1.54, 1.807) is 0 Å². The second-order valence-electron chi connectivity index (χ2n) is 4.63. The van der Waals surface area contributed by atoms with Gasteiger partial charge >= 0.3 is 0 Å². The topological polar surface area (TPSA) is 50.4 Å². The van der Waals surface area contributed by atoms with Crippen LogP contribution in [0.1, 0.15) is 24.5 Å². The summed E-state index contributed by atoms with van der Waals surface area (Å²) in [5, 5.41) is 6.00. The fourth-order valence-electron chi connectivity index (χ4n) is 1.83. The molecule has 1 aromatic rings. The van der Waals surface area contributed by atoms with Crippen LogP contribution in [0, 0.1) is 13.8 Å². The van der Waals surface area contributed by atoms with E-state index >= 15 is 0 Å². The van der Waals surface area contributed by atoms with Crippen LogP contribution in [0.5, 0.6) is 5.75 Å². The Labute approximate surface area is 127 Å². The van der Waals surface area contributed by atoms with Crippen molar-refractivity contribution in [1.82, 2.24) is 10.6 Å². The van der Waals surface area contributed by atoms with Crippen molar-refractivity contribution in [2.75, 3.05) is 26.2 Å². The van der Waals surface area contributed by atoms with Gasteiger partial charge in [0.2, 0.25) is 5.91 Å². The Morgan fingerprint density at radius 3 is 2.40 bits per heavy atom. The van der Waals surface area contributed by atoms with Gasteiger partial charge in [0.25, 0.3) is 0 Å². The summed E-state index contributed by atoms with van der Waals surface area (Å²) in [5.74, 6) is 0.861. The summed E-state index contributed by atoms with van der Waals surface area (Å²) < 4.78 is 5.59. The number of halogens is 1. The number of amides is 1. The molecule has 0 saturated heterocycles. The van der Waals surface area contributed by atoms with E-state index in [9.17, 15) is 4.79 Å². The normalized spacial score (nSPS) is 9.75. The molecule has 0 saturated carbocycles. The van der Waals surface area contributed by atoms with E-state index in [1.165, 1.54) is 11.1 Å². The minimum absolute atomic E-state index is 0. The molecule has 0 aromatic heterocycles. The smallest absolute Gasteiger partial charge is 0.223 e. The van der Waals surface area contributed by atoms with E-state index in [2.05, 4.69) is 16.7 Å². The lowest BCUT2D eigenvalue weighted by atomic mass is 10.1. The number of aryl methyl sites for hydroxylation is 2. The van der Waals surface area contributed by atoms with Gasteiger partial charge in [-0.1, -0.05) is 13.0 Å². The van der Waals surface area contributed by atoms with Crippen LogP contribution in [0.3, 0.4) is 0 Å². The van der Waals surface area contributed by atoms with Gasteiger partial charge in [0.1, 0.15) is 5.75 Å². The van der Waals surface area contributed by atoms with Crippen LogP contribution >= 0.6 is 12.4 Å². The summed E-state index contributed by atoms with van der Waals surface area (Å²) >= 11 is 0. The molecule has 0 heterocycles. The molecule has 0 aliphatic heterocycles. The van der Waals surface area contributed by atoms with Gasteiger partial charge < -0.3 is 15.4 Å².